The first-order valence-corrected chi connectivity index (χ1v) is 12.8. The molecule has 38 heavy (non-hydrogen) atoms. The summed E-state index contributed by atoms with van der Waals surface area (Å²) < 4.78 is 29.1. The van der Waals surface area contributed by atoms with Crippen LogP contribution in [0.15, 0.2) is 107 Å². The zero-order valence-corrected chi connectivity index (χ0v) is 21.6. The van der Waals surface area contributed by atoms with Gasteiger partial charge in [-0.3, -0.25) is 0 Å². The Morgan fingerprint density at radius 3 is 1.24 bits per heavy atom. The van der Waals surface area contributed by atoms with E-state index in [0.717, 1.165) is 46.2 Å². The smallest absolute Gasteiger partial charge is 0.131 e. The van der Waals surface area contributed by atoms with Gasteiger partial charge in [0.05, 0.1) is 12.4 Å². The van der Waals surface area contributed by atoms with Crippen LogP contribution in [0.2, 0.25) is 0 Å². The summed E-state index contributed by atoms with van der Waals surface area (Å²) in [6, 6.07) is 25.5. The van der Waals surface area contributed by atoms with E-state index in [0.29, 0.717) is 11.1 Å². The number of nitrogens with zero attached hydrogens (tertiary/aromatic N) is 2. The molecule has 0 amide bonds. The molecule has 0 saturated heterocycles. The van der Waals surface area contributed by atoms with Gasteiger partial charge in [-0.15, -0.1) is 0 Å². The van der Waals surface area contributed by atoms with Crippen LogP contribution >= 0.6 is 0 Å². The Kier molecular flexibility index (Phi) is 9.25. The van der Waals surface area contributed by atoms with Crippen LogP contribution in [0, 0.1) is 11.6 Å². The standard InChI is InChI=1S/C34H30F2N2/c1-3-5-7-25-13-19-31(33(35)21-25)29-15-9-27(10-16-29)23-37-38-24-28-11-17-30(18-12-28)32-20-14-26(8-6-4-2)22-34(32)36/h5-24H,3-4H2,1-2H3. The van der Waals surface area contributed by atoms with Crippen molar-refractivity contribution >= 4 is 24.6 Å². The van der Waals surface area contributed by atoms with Crippen LogP contribution in [-0.2, 0) is 0 Å². The third-order valence-corrected chi connectivity index (χ3v) is 6.00. The van der Waals surface area contributed by atoms with Gasteiger partial charge in [-0.05, 0) is 58.4 Å². The van der Waals surface area contributed by atoms with E-state index in [1.807, 2.05) is 98.8 Å². The molecule has 4 rings (SSSR count). The van der Waals surface area contributed by atoms with Crippen molar-refractivity contribution in [1.29, 1.82) is 0 Å². The number of halogens is 2. The number of rotatable bonds is 9. The Labute approximate surface area is 223 Å². The lowest BCUT2D eigenvalue weighted by Gasteiger charge is -2.05. The molecule has 0 aliphatic rings. The third-order valence-electron chi connectivity index (χ3n) is 6.00. The monoisotopic (exact) mass is 504 g/mol. The van der Waals surface area contributed by atoms with Gasteiger partial charge in [-0.1, -0.05) is 111 Å². The Morgan fingerprint density at radius 2 is 0.895 bits per heavy atom. The SMILES string of the molecule is CCC=Cc1ccc(-c2ccc(C=NN=Cc3ccc(-c4ccc(C=CCC)cc4F)cc3)cc2)c(F)c1. The number of allylic oxidation sites excluding steroid dienone is 2. The lowest BCUT2D eigenvalue weighted by molar-refractivity contribution is 0.630. The highest BCUT2D eigenvalue weighted by Crippen LogP contribution is 2.25. The van der Waals surface area contributed by atoms with Crippen molar-refractivity contribution in [3.8, 4) is 22.3 Å². The molecule has 190 valence electrons. The molecule has 4 aromatic carbocycles. The van der Waals surface area contributed by atoms with Crippen molar-refractivity contribution in [3.63, 3.8) is 0 Å². The van der Waals surface area contributed by atoms with E-state index >= 15 is 0 Å². The summed E-state index contributed by atoms with van der Waals surface area (Å²) >= 11 is 0. The predicted octanol–water partition coefficient (Wildman–Crippen LogP) is 9.60. The van der Waals surface area contributed by atoms with Crippen molar-refractivity contribution < 1.29 is 8.78 Å². The average molecular weight is 505 g/mol. The van der Waals surface area contributed by atoms with E-state index in [4.69, 9.17) is 0 Å². The molecule has 0 fully saturated rings. The Balaban J connectivity index is 1.37. The molecule has 0 atom stereocenters. The summed E-state index contributed by atoms with van der Waals surface area (Å²) in [5.41, 5.74) is 6.15. The molecule has 0 spiro atoms. The topological polar surface area (TPSA) is 24.7 Å². The van der Waals surface area contributed by atoms with Gasteiger partial charge in [-0.25, -0.2) is 8.78 Å². The maximum Gasteiger partial charge on any atom is 0.131 e. The highest BCUT2D eigenvalue weighted by molar-refractivity contribution is 5.84. The minimum absolute atomic E-state index is 0.246. The van der Waals surface area contributed by atoms with Gasteiger partial charge in [-0.2, -0.15) is 10.2 Å². The fourth-order valence-corrected chi connectivity index (χ4v) is 3.94. The van der Waals surface area contributed by atoms with E-state index in [1.165, 1.54) is 0 Å². The van der Waals surface area contributed by atoms with Crippen LogP contribution in [0.1, 0.15) is 48.9 Å². The van der Waals surface area contributed by atoms with E-state index < -0.39 is 0 Å². The van der Waals surface area contributed by atoms with E-state index in [1.54, 1.807) is 36.7 Å². The van der Waals surface area contributed by atoms with Gasteiger partial charge in [0.15, 0.2) is 0 Å². The van der Waals surface area contributed by atoms with Crippen LogP contribution in [0.4, 0.5) is 8.78 Å². The second-order valence-electron chi connectivity index (χ2n) is 8.83. The molecular formula is C34H30F2N2. The van der Waals surface area contributed by atoms with Gasteiger partial charge >= 0.3 is 0 Å². The molecule has 0 radical (unpaired) electrons. The number of benzene rings is 4. The molecule has 0 heterocycles. The minimum atomic E-state index is -0.246. The molecule has 0 aliphatic carbocycles. The zero-order chi connectivity index (χ0) is 26.7. The van der Waals surface area contributed by atoms with Crippen LogP contribution in [0.25, 0.3) is 34.4 Å². The maximum atomic E-state index is 14.6. The average Bonchev–Trinajstić information content (AvgIpc) is 2.94. The highest BCUT2D eigenvalue weighted by Gasteiger charge is 2.06. The van der Waals surface area contributed by atoms with Gasteiger partial charge in [0.1, 0.15) is 11.6 Å². The van der Waals surface area contributed by atoms with Crippen LogP contribution in [0.3, 0.4) is 0 Å². The molecule has 0 bridgehead atoms. The van der Waals surface area contributed by atoms with Gasteiger partial charge < -0.3 is 0 Å². The molecular weight excluding hydrogens is 474 g/mol. The van der Waals surface area contributed by atoms with Gasteiger partial charge in [0.2, 0.25) is 0 Å². The quantitative estimate of drug-likeness (QED) is 0.160. The van der Waals surface area contributed by atoms with Crippen LogP contribution in [-0.4, -0.2) is 12.4 Å². The molecule has 0 aromatic heterocycles. The Bertz CT molecular complexity index is 1360. The third kappa shape index (κ3) is 7.07. The van der Waals surface area contributed by atoms with Gasteiger partial charge in [0.25, 0.3) is 0 Å². The Morgan fingerprint density at radius 1 is 0.526 bits per heavy atom. The van der Waals surface area contributed by atoms with E-state index in [9.17, 15) is 8.78 Å². The van der Waals surface area contributed by atoms with Gasteiger partial charge in [0, 0.05) is 11.1 Å². The summed E-state index contributed by atoms with van der Waals surface area (Å²) in [4.78, 5) is 0. The van der Waals surface area contributed by atoms with Crippen molar-refractivity contribution in [2.45, 2.75) is 26.7 Å². The van der Waals surface area contributed by atoms with Crippen LogP contribution < -0.4 is 0 Å². The summed E-state index contributed by atoms with van der Waals surface area (Å²) in [6.07, 6.45) is 13.0. The number of hydrogen-bond donors (Lipinski definition) is 0. The first-order chi connectivity index (χ1) is 18.6. The fraction of sp³-hybridized carbons (Fsp3) is 0.118. The summed E-state index contributed by atoms with van der Waals surface area (Å²) in [6.45, 7) is 4.09. The lowest BCUT2D eigenvalue weighted by Crippen LogP contribution is -1.88. The molecule has 0 saturated carbocycles. The summed E-state index contributed by atoms with van der Waals surface area (Å²) in [5.74, 6) is -0.492. The molecule has 0 N–H and O–H groups in total. The Hall–Kier alpha value is -4.44. The largest absolute Gasteiger partial charge is 0.206 e. The van der Waals surface area contributed by atoms with E-state index in [-0.39, 0.29) is 11.6 Å². The highest BCUT2D eigenvalue weighted by atomic mass is 19.1. The maximum absolute atomic E-state index is 14.6. The lowest BCUT2D eigenvalue weighted by atomic mass is 10.0. The summed E-state index contributed by atoms with van der Waals surface area (Å²) in [7, 11) is 0. The first-order valence-electron chi connectivity index (χ1n) is 12.8. The van der Waals surface area contributed by atoms with Crippen molar-refractivity contribution in [2.24, 2.45) is 10.2 Å². The van der Waals surface area contributed by atoms with E-state index in [2.05, 4.69) is 10.2 Å². The fourth-order valence-electron chi connectivity index (χ4n) is 3.94. The summed E-state index contributed by atoms with van der Waals surface area (Å²) in [5, 5.41) is 8.24. The van der Waals surface area contributed by atoms with Crippen molar-refractivity contribution in [2.75, 3.05) is 0 Å². The normalized spacial score (nSPS) is 12.0. The predicted molar refractivity (Wildman–Crippen MR) is 158 cm³/mol. The van der Waals surface area contributed by atoms with Crippen molar-refractivity contribution in [3.05, 3.63) is 131 Å². The molecule has 4 aromatic rings. The number of hydrogen-bond acceptors (Lipinski definition) is 2. The molecule has 2 nitrogen and oxygen atoms in total. The second-order valence-corrected chi connectivity index (χ2v) is 8.83. The van der Waals surface area contributed by atoms with Crippen molar-refractivity contribution in [1.82, 2.24) is 0 Å². The minimum Gasteiger partial charge on any atom is -0.206 e. The molecule has 4 heteroatoms. The molecule has 0 aliphatic heterocycles. The zero-order valence-electron chi connectivity index (χ0n) is 21.6. The van der Waals surface area contributed by atoms with Crippen LogP contribution in [0.5, 0.6) is 0 Å². The second kappa shape index (κ2) is 13.2. The molecule has 0 unspecified atom stereocenters. The first kappa shape index (κ1) is 26.6.